The molecule has 1 atom stereocenters. The number of nitrogens with zero attached hydrogens (tertiary/aromatic N) is 1. The van der Waals surface area contributed by atoms with E-state index in [0.717, 1.165) is 11.3 Å². The third kappa shape index (κ3) is 4.07. The summed E-state index contributed by atoms with van der Waals surface area (Å²) in [6.45, 7) is 2.12. The lowest BCUT2D eigenvalue weighted by Crippen LogP contribution is -2.46. The zero-order valence-electron chi connectivity index (χ0n) is 10.8. The minimum absolute atomic E-state index is 0.0559. The smallest absolute Gasteiger partial charge is 0.327 e. The predicted molar refractivity (Wildman–Crippen MR) is 68.3 cm³/mol. The number of hydrogen-bond donors (Lipinski definition) is 2. The topological polar surface area (TPSA) is 82.8 Å². The van der Waals surface area contributed by atoms with E-state index in [9.17, 15) is 9.59 Å². The molecule has 1 unspecified atom stereocenters. The van der Waals surface area contributed by atoms with Crippen LogP contribution >= 0.6 is 0 Å². The third-order valence-corrected chi connectivity index (χ3v) is 2.64. The quantitative estimate of drug-likeness (QED) is 0.783. The molecule has 0 spiro atoms. The van der Waals surface area contributed by atoms with E-state index in [-0.39, 0.29) is 6.42 Å². The number of nitrogens with one attached hydrogen (secondary N) is 1. The van der Waals surface area contributed by atoms with Crippen molar-refractivity contribution in [3.8, 4) is 12.3 Å². The highest BCUT2D eigenvalue weighted by atomic mass is 16.4. The monoisotopic (exact) mass is 264 g/mol. The van der Waals surface area contributed by atoms with Crippen molar-refractivity contribution in [3.05, 3.63) is 23.7 Å². The standard InChI is InChI=1S/C13H16N2O4/c1-4-5-11(12(16)17)14-13(18)15(3)8-10-6-7-19-9(10)2/h1,6-7,11H,5,8H2,2-3H3,(H,14,18)(H,16,17). The molecule has 0 bridgehead atoms. The van der Waals surface area contributed by atoms with Crippen LogP contribution in [-0.2, 0) is 11.3 Å². The maximum Gasteiger partial charge on any atom is 0.327 e. The van der Waals surface area contributed by atoms with Crippen molar-refractivity contribution in [1.82, 2.24) is 10.2 Å². The van der Waals surface area contributed by atoms with Crippen LogP contribution in [0.4, 0.5) is 4.79 Å². The fourth-order valence-electron chi connectivity index (χ4n) is 1.48. The van der Waals surface area contributed by atoms with Crippen molar-refractivity contribution < 1.29 is 19.1 Å². The number of amides is 2. The highest BCUT2D eigenvalue weighted by molar-refractivity contribution is 5.82. The van der Waals surface area contributed by atoms with Gasteiger partial charge in [0.2, 0.25) is 0 Å². The first-order chi connectivity index (χ1) is 8.95. The molecule has 0 aliphatic heterocycles. The Morgan fingerprint density at radius 2 is 2.32 bits per heavy atom. The highest BCUT2D eigenvalue weighted by Crippen LogP contribution is 2.11. The fraction of sp³-hybridized carbons (Fsp3) is 0.385. The fourth-order valence-corrected chi connectivity index (χ4v) is 1.48. The number of carboxylic acid groups (broad SMARTS) is 1. The van der Waals surface area contributed by atoms with Crippen LogP contribution in [0, 0.1) is 19.3 Å². The number of terminal acetylenes is 1. The first-order valence-electron chi connectivity index (χ1n) is 5.66. The summed E-state index contributed by atoms with van der Waals surface area (Å²) in [6.07, 6.45) is 6.54. The van der Waals surface area contributed by atoms with Crippen molar-refractivity contribution in [2.45, 2.75) is 25.9 Å². The molecule has 0 radical (unpaired) electrons. The molecule has 0 aromatic carbocycles. The van der Waals surface area contributed by atoms with E-state index < -0.39 is 18.0 Å². The van der Waals surface area contributed by atoms with Crippen LogP contribution in [0.3, 0.4) is 0 Å². The van der Waals surface area contributed by atoms with Gasteiger partial charge in [-0.15, -0.1) is 12.3 Å². The van der Waals surface area contributed by atoms with E-state index >= 15 is 0 Å². The molecule has 0 aliphatic carbocycles. The molecular formula is C13H16N2O4. The molecule has 0 saturated heterocycles. The van der Waals surface area contributed by atoms with Gasteiger partial charge in [0.1, 0.15) is 11.8 Å². The number of urea groups is 1. The van der Waals surface area contributed by atoms with Gasteiger partial charge in [0.25, 0.3) is 0 Å². The molecule has 6 nitrogen and oxygen atoms in total. The second-order valence-electron chi connectivity index (χ2n) is 4.11. The first-order valence-corrected chi connectivity index (χ1v) is 5.66. The lowest BCUT2D eigenvalue weighted by Gasteiger charge is -2.20. The van der Waals surface area contributed by atoms with Crippen LogP contribution in [0.25, 0.3) is 0 Å². The van der Waals surface area contributed by atoms with Crippen LogP contribution in [-0.4, -0.2) is 35.1 Å². The molecular weight excluding hydrogens is 248 g/mol. The zero-order chi connectivity index (χ0) is 14.4. The Kier molecular flexibility index (Phi) is 5.01. The number of carbonyl (C=O) groups excluding carboxylic acids is 1. The second-order valence-corrected chi connectivity index (χ2v) is 4.11. The number of aliphatic carboxylic acids is 1. The second kappa shape index (κ2) is 6.50. The van der Waals surface area contributed by atoms with Gasteiger partial charge in [0.15, 0.2) is 0 Å². The van der Waals surface area contributed by atoms with E-state index in [2.05, 4.69) is 11.2 Å². The minimum Gasteiger partial charge on any atom is -0.480 e. The largest absolute Gasteiger partial charge is 0.480 e. The molecule has 1 aromatic heterocycles. The van der Waals surface area contributed by atoms with Crippen LogP contribution in [0.1, 0.15) is 17.7 Å². The number of hydrogen-bond acceptors (Lipinski definition) is 3. The van der Waals surface area contributed by atoms with Crippen LogP contribution in [0.5, 0.6) is 0 Å². The molecule has 2 N–H and O–H groups in total. The van der Waals surface area contributed by atoms with Gasteiger partial charge >= 0.3 is 12.0 Å². The number of furan rings is 1. The van der Waals surface area contributed by atoms with Crippen molar-refractivity contribution in [1.29, 1.82) is 0 Å². The van der Waals surface area contributed by atoms with Crippen molar-refractivity contribution in [3.63, 3.8) is 0 Å². The molecule has 0 aliphatic rings. The lowest BCUT2D eigenvalue weighted by atomic mass is 10.2. The van der Waals surface area contributed by atoms with Gasteiger partial charge in [-0.05, 0) is 13.0 Å². The zero-order valence-corrected chi connectivity index (χ0v) is 10.8. The molecule has 0 saturated carbocycles. The maximum atomic E-state index is 11.8. The SMILES string of the molecule is C#CCC(NC(=O)N(C)Cc1ccoc1C)C(=O)O. The summed E-state index contributed by atoms with van der Waals surface area (Å²) in [6, 6.07) is 0.184. The normalized spacial score (nSPS) is 11.4. The van der Waals surface area contributed by atoms with Crippen molar-refractivity contribution in [2.24, 2.45) is 0 Å². The van der Waals surface area contributed by atoms with Gasteiger partial charge in [-0.1, -0.05) is 0 Å². The molecule has 2 amide bonds. The van der Waals surface area contributed by atoms with Crippen molar-refractivity contribution in [2.75, 3.05) is 7.05 Å². The first kappa shape index (κ1) is 14.6. The minimum atomic E-state index is -1.15. The number of carbonyl (C=O) groups is 2. The Hall–Kier alpha value is -2.42. The molecule has 1 aromatic rings. The maximum absolute atomic E-state index is 11.8. The summed E-state index contributed by atoms with van der Waals surface area (Å²) in [5.74, 6) is 1.79. The Labute approximate surface area is 111 Å². The summed E-state index contributed by atoms with van der Waals surface area (Å²) in [5, 5.41) is 11.3. The van der Waals surface area contributed by atoms with Gasteiger partial charge in [-0.3, -0.25) is 0 Å². The molecule has 1 rings (SSSR count). The average molecular weight is 264 g/mol. The van der Waals surface area contributed by atoms with Crippen molar-refractivity contribution >= 4 is 12.0 Å². The van der Waals surface area contributed by atoms with E-state index in [1.165, 1.54) is 11.2 Å². The van der Waals surface area contributed by atoms with Crippen LogP contribution in [0.15, 0.2) is 16.7 Å². The summed E-state index contributed by atoms with van der Waals surface area (Å²) >= 11 is 0. The Balaban J connectivity index is 2.60. The van der Waals surface area contributed by atoms with E-state index in [4.69, 9.17) is 15.9 Å². The van der Waals surface area contributed by atoms with Gasteiger partial charge in [-0.2, -0.15) is 0 Å². The van der Waals surface area contributed by atoms with E-state index in [0.29, 0.717) is 6.54 Å². The molecule has 6 heteroatoms. The van der Waals surface area contributed by atoms with Gasteiger partial charge in [-0.25, -0.2) is 9.59 Å². The Morgan fingerprint density at radius 1 is 1.63 bits per heavy atom. The van der Waals surface area contributed by atoms with Crippen LogP contribution in [0.2, 0.25) is 0 Å². The summed E-state index contributed by atoms with van der Waals surface area (Å²) in [5.41, 5.74) is 0.862. The Bertz CT molecular complexity index is 501. The average Bonchev–Trinajstić information content (AvgIpc) is 2.74. The number of carboxylic acids is 1. The summed E-state index contributed by atoms with van der Waals surface area (Å²) in [7, 11) is 1.57. The number of rotatable bonds is 5. The molecule has 0 fully saturated rings. The molecule has 1 heterocycles. The van der Waals surface area contributed by atoms with Gasteiger partial charge in [0.05, 0.1) is 12.8 Å². The third-order valence-electron chi connectivity index (χ3n) is 2.64. The lowest BCUT2D eigenvalue weighted by molar-refractivity contribution is -0.139. The highest BCUT2D eigenvalue weighted by Gasteiger charge is 2.21. The van der Waals surface area contributed by atoms with E-state index in [1.54, 1.807) is 20.0 Å². The number of aryl methyl sites for hydroxylation is 1. The van der Waals surface area contributed by atoms with E-state index in [1.807, 2.05) is 0 Å². The van der Waals surface area contributed by atoms with Gasteiger partial charge in [0, 0.05) is 19.0 Å². The molecule has 102 valence electrons. The van der Waals surface area contributed by atoms with Gasteiger partial charge < -0.3 is 19.7 Å². The van der Waals surface area contributed by atoms with Crippen LogP contribution < -0.4 is 5.32 Å². The Morgan fingerprint density at radius 3 is 2.79 bits per heavy atom. The molecule has 19 heavy (non-hydrogen) atoms. The summed E-state index contributed by atoms with van der Waals surface area (Å²) in [4.78, 5) is 24.1. The predicted octanol–water partition coefficient (Wildman–Crippen LogP) is 1.21. The summed E-state index contributed by atoms with van der Waals surface area (Å²) < 4.78 is 5.12.